The van der Waals surface area contributed by atoms with Gasteiger partial charge in [0.2, 0.25) is 0 Å². The van der Waals surface area contributed by atoms with Gasteiger partial charge in [0.25, 0.3) is 17.1 Å². The molecule has 3 aromatic carbocycles. The molecular formula is C32H29N3O4S. The van der Waals surface area contributed by atoms with Crippen molar-refractivity contribution in [3.8, 4) is 5.75 Å². The van der Waals surface area contributed by atoms with E-state index >= 15 is 0 Å². The predicted molar refractivity (Wildman–Crippen MR) is 157 cm³/mol. The standard InChI is InChI=1S/C32H29N3O4S/c36-30-29(40-32(38)33-30)17-25-20-35(19-22-9-11-24(12-10-22)31(37)34-15-5-2-6-16-34)28-14-13-26(18-27(25)28)39-21-23-7-3-1-4-8-23/h1,3-4,7-14,17-18,20H,2,5-6,15-16,19,21H2,(H,33,36,38). The van der Waals surface area contributed by atoms with Gasteiger partial charge in [-0.15, -0.1) is 0 Å². The number of rotatable bonds is 7. The van der Waals surface area contributed by atoms with Crippen LogP contribution in [0.15, 0.2) is 83.9 Å². The summed E-state index contributed by atoms with van der Waals surface area (Å²) in [5, 5.41) is 2.87. The minimum Gasteiger partial charge on any atom is -0.489 e. The summed E-state index contributed by atoms with van der Waals surface area (Å²) < 4.78 is 8.19. The van der Waals surface area contributed by atoms with Crippen LogP contribution in [-0.4, -0.2) is 39.6 Å². The van der Waals surface area contributed by atoms with Crippen molar-refractivity contribution in [1.29, 1.82) is 0 Å². The Morgan fingerprint density at radius 3 is 2.42 bits per heavy atom. The number of likely N-dealkylation sites (tertiary alicyclic amines) is 1. The van der Waals surface area contributed by atoms with Crippen molar-refractivity contribution in [3.05, 3.63) is 106 Å². The molecular weight excluding hydrogens is 522 g/mol. The number of imide groups is 1. The highest BCUT2D eigenvalue weighted by atomic mass is 32.2. The zero-order chi connectivity index (χ0) is 27.5. The lowest BCUT2D eigenvalue weighted by Crippen LogP contribution is -2.35. The zero-order valence-electron chi connectivity index (χ0n) is 22.0. The Morgan fingerprint density at radius 1 is 0.925 bits per heavy atom. The fraction of sp³-hybridized carbons (Fsp3) is 0.219. The normalized spacial score (nSPS) is 16.5. The molecule has 3 amide bonds. The average Bonchev–Trinajstić information content (AvgIpc) is 3.49. The third kappa shape index (κ3) is 5.67. The maximum Gasteiger partial charge on any atom is 0.290 e. The molecule has 0 saturated carbocycles. The summed E-state index contributed by atoms with van der Waals surface area (Å²) >= 11 is 0.903. The van der Waals surface area contributed by atoms with Crippen molar-refractivity contribution in [3.63, 3.8) is 0 Å². The fourth-order valence-corrected chi connectivity index (χ4v) is 5.84. The number of piperidine rings is 1. The van der Waals surface area contributed by atoms with Crippen LogP contribution in [0.25, 0.3) is 17.0 Å². The summed E-state index contributed by atoms with van der Waals surface area (Å²) in [4.78, 5) is 39.2. The number of carbonyl (C=O) groups is 3. The summed E-state index contributed by atoms with van der Waals surface area (Å²) in [7, 11) is 0. The lowest BCUT2D eigenvalue weighted by atomic mass is 10.1. The van der Waals surface area contributed by atoms with Gasteiger partial charge in [0, 0.05) is 47.9 Å². The van der Waals surface area contributed by atoms with E-state index < -0.39 is 0 Å². The van der Waals surface area contributed by atoms with Gasteiger partial charge in [-0.2, -0.15) is 0 Å². The maximum atomic E-state index is 12.9. The van der Waals surface area contributed by atoms with Crippen molar-refractivity contribution in [1.82, 2.24) is 14.8 Å². The second-order valence-corrected chi connectivity index (χ2v) is 11.1. The molecule has 0 bridgehead atoms. The Kier molecular flexibility index (Phi) is 7.42. The number of fused-ring (bicyclic) bond motifs is 1. The second kappa shape index (κ2) is 11.4. The summed E-state index contributed by atoms with van der Waals surface area (Å²) in [5.41, 5.74) is 4.63. The van der Waals surface area contributed by atoms with E-state index in [1.807, 2.05) is 83.9 Å². The highest BCUT2D eigenvalue weighted by molar-refractivity contribution is 8.18. The first-order valence-corrected chi connectivity index (χ1v) is 14.3. The lowest BCUT2D eigenvalue weighted by molar-refractivity contribution is -0.115. The van der Waals surface area contributed by atoms with Gasteiger partial charge in [0.05, 0.1) is 4.91 Å². The van der Waals surface area contributed by atoms with Gasteiger partial charge >= 0.3 is 0 Å². The Morgan fingerprint density at radius 2 is 1.70 bits per heavy atom. The number of hydrogen-bond acceptors (Lipinski definition) is 5. The van der Waals surface area contributed by atoms with Gasteiger partial charge < -0.3 is 14.2 Å². The summed E-state index contributed by atoms with van der Waals surface area (Å²) in [5.74, 6) is 0.423. The van der Waals surface area contributed by atoms with E-state index in [-0.39, 0.29) is 17.1 Å². The van der Waals surface area contributed by atoms with E-state index in [0.29, 0.717) is 29.4 Å². The van der Waals surface area contributed by atoms with E-state index in [9.17, 15) is 14.4 Å². The van der Waals surface area contributed by atoms with Crippen LogP contribution in [0.4, 0.5) is 4.79 Å². The molecule has 4 aromatic rings. The maximum absolute atomic E-state index is 12.9. The van der Waals surface area contributed by atoms with Crippen LogP contribution in [0.3, 0.4) is 0 Å². The van der Waals surface area contributed by atoms with Gasteiger partial charge in [0.15, 0.2) is 0 Å². The number of benzene rings is 3. The Bertz CT molecular complexity index is 1600. The summed E-state index contributed by atoms with van der Waals surface area (Å²) in [6, 6.07) is 23.7. The molecule has 3 heterocycles. The minimum absolute atomic E-state index is 0.0940. The molecule has 0 spiro atoms. The smallest absolute Gasteiger partial charge is 0.290 e. The van der Waals surface area contributed by atoms with Crippen LogP contribution in [-0.2, 0) is 17.9 Å². The largest absolute Gasteiger partial charge is 0.489 e. The molecule has 2 saturated heterocycles. The zero-order valence-corrected chi connectivity index (χ0v) is 22.8. The van der Waals surface area contributed by atoms with Crippen molar-refractivity contribution in [2.45, 2.75) is 32.4 Å². The average molecular weight is 552 g/mol. The third-order valence-corrected chi connectivity index (χ3v) is 8.07. The van der Waals surface area contributed by atoms with Crippen molar-refractivity contribution in [2.24, 2.45) is 0 Å². The third-order valence-electron chi connectivity index (χ3n) is 7.26. The van der Waals surface area contributed by atoms with Gasteiger partial charge in [-0.25, -0.2) is 0 Å². The van der Waals surface area contributed by atoms with Crippen LogP contribution >= 0.6 is 11.8 Å². The van der Waals surface area contributed by atoms with Crippen molar-refractivity contribution >= 4 is 45.8 Å². The number of hydrogen-bond donors (Lipinski definition) is 1. The monoisotopic (exact) mass is 551 g/mol. The minimum atomic E-state index is -0.388. The lowest BCUT2D eigenvalue weighted by Gasteiger charge is -2.26. The van der Waals surface area contributed by atoms with Gasteiger partial charge in [-0.3, -0.25) is 19.7 Å². The van der Waals surface area contributed by atoms with E-state index in [1.165, 1.54) is 6.42 Å². The number of carbonyl (C=O) groups excluding carboxylic acids is 3. The van der Waals surface area contributed by atoms with E-state index in [1.54, 1.807) is 6.08 Å². The van der Waals surface area contributed by atoms with Crippen LogP contribution in [0, 0.1) is 0 Å². The molecule has 6 rings (SSSR count). The molecule has 202 valence electrons. The molecule has 0 atom stereocenters. The van der Waals surface area contributed by atoms with Crippen molar-refractivity contribution < 1.29 is 19.1 Å². The molecule has 2 aliphatic rings. The number of thioether (sulfide) groups is 1. The highest BCUT2D eigenvalue weighted by Gasteiger charge is 2.25. The Hall–Kier alpha value is -4.30. The van der Waals surface area contributed by atoms with E-state index in [4.69, 9.17) is 4.74 Å². The second-order valence-electron chi connectivity index (χ2n) is 10.1. The molecule has 2 aliphatic heterocycles. The van der Waals surface area contributed by atoms with E-state index in [0.717, 1.165) is 65.3 Å². The molecule has 8 heteroatoms. The number of amides is 3. The predicted octanol–water partition coefficient (Wildman–Crippen LogP) is 6.22. The first-order valence-electron chi connectivity index (χ1n) is 13.5. The number of aromatic nitrogens is 1. The molecule has 1 N–H and O–H groups in total. The van der Waals surface area contributed by atoms with Crippen LogP contribution in [0.1, 0.15) is 46.3 Å². The molecule has 1 aromatic heterocycles. The summed E-state index contributed by atoms with van der Waals surface area (Å²) in [6.45, 7) is 2.68. The fourth-order valence-electron chi connectivity index (χ4n) is 5.17. The van der Waals surface area contributed by atoms with Crippen LogP contribution in [0.2, 0.25) is 0 Å². The molecule has 7 nitrogen and oxygen atoms in total. The molecule has 0 radical (unpaired) electrons. The Labute approximate surface area is 236 Å². The number of nitrogens with one attached hydrogen (secondary N) is 1. The van der Waals surface area contributed by atoms with Crippen LogP contribution in [0.5, 0.6) is 5.75 Å². The Balaban J connectivity index is 1.28. The topological polar surface area (TPSA) is 80.6 Å². The van der Waals surface area contributed by atoms with Crippen LogP contribution < -0.4 is 10.1 Å². The van der Waals surface area contributed by atoms with Gasteiger partial charge in [-0.1, -0.05) is 42.5 Å². The molecule has 40 heavy (non-hydrogen) atoms. The van der Waals surface area contributed by atoms with E-state index in [2.05, 4.69) is 9.88 Å². The molecule has 0 unspecified atom stereocenters. The SMILES string of the molecule is O=C1NC(=O)C(=Cc2cn(Cc3ccc(C(=O)N4CCCCC4)cc3)c3ccc(OCc4ccccc4)cc23)S1. The molecule has 0 aliphatic carbocycles. The first-order chi connectivity index (χ1) is 19.5. The first kappa shape index (κ1) is 26.0. The highest BCUT2D eigenvalue weighted by Crippen LogP contribution is 2.32. The van der Waals surface area contributed by atoms with Crippen molar-refractivity contribution in [2.75, 3.05) is 13.1 Å². The number of nitrogens with zero attached hydrogens (tertiary/aromatic N) is 2. The quantitative estimate of drug-likeness (QED) is 0.276. The molecule has 2 fully saturated rings. The van der Waals surface area contributed by atoms with Gasteiger partial charge in [-0.05, 0) is 78.6 Å². The number of ether oxygens (including phenoxy) is 1. The summed E-state index contributed by atoms with van der Waals surface area (Å²) in [6.07, 6.45) is 7.06. The van der Waals surface area contributed by atoms with Gasteiger partial charge in [0.1, 0.15) is 12.4 Å².